The van der Waals surface area contributed by atoms with Crippen LogP contribution in [0.15, 0.2) is 28.7 Å². The highest BCUT2D eigenvalue weighted by Gasteiger charge is 2.05. The standard InChI is InChI=1S/C9H10N4O/c1-11-7-4-2-3-6(5-7)8-12-13-9(10)14-8/h2-5,11H,1H3,(H2,10,13). The monoisotopic (exact) mass is 190 g/mol. The van der Waals surface area contributed by atoms with Crippen LogP contribution in [-0.2, 0) is 0 Å². The van der Waals surface area contributed by atoms with Crippen LogP contribution >= 0.6 is 0 Å². The van der Waals surface area contributed by atoms with E-state index in [9.17, 15) is 0 Å². The quantitative estimate of drug-likeness (QED) is 0.747. The zero-order chi connectivity index (χ0) is 9.97. The lowest BCUT2D eigenvalue weighted by molar-refractivity contribution is 0.590. The van der Waals surface area contributed by atoms with Gasteiger partial charge >= 0.3 is 6.01 Å². The molecule has 2 rings (SSSR count). The summed E-state index contributed by atoms with van der Waals surface area (Å²) in [6.07, 6.45) is 0. The van der Waals surface area contributed by atoms with Gasteiger partial charge in [0, 0.05) is 18.3 Å². The van der Waals surface area contributed by atoms with Gasteiger partial charge in [-0.05, 0) is 18.2 Å². The van der Waals surface area contributed by atoms with Crippen molar-refractivity contribution in [2.24, 2.45) is 0 Å². The van der Waals surface area contributed by atoms with Gasteiger partial charge < -0.3 is 15.5 Å². The van der Waals surface area contributed by atoms with Crippen molar-refractivity contribution in [2.45, 2.75) is 0 Å². The molecule has 0 unspecified atom stereocenters. The van der Waals surface area contributed by atoms with E-state index in [0.29, 0.717) is 5.89 Å². The van der Waals surface area contributed by atoms with Gasteiger partial charge in [-0.15, -0.1) is 5.10 Å². The zero-order valence-electron chi connectivity index (χ0n) is 7.69. The molecular formula is C9H10N4O. The van der Waals surface area contributed by atoms with E-state index in [2.05, 4.69) is 15.5 Å². The molecule has 0 bridgehead atoms. The average Bonchev–Trinajstić information content (AvgIpc) is 2.65. The van der Waals surface area contributed by atoms with E-state index in [0.717, 1.165) is 11.3 Å². The summed E-state index contributed by atoms with van der Waals surface area (Å²) in [7, 11) is 1.85. The normalized spacial score (nSPS) is 10.1. The summed E-state index contributed by atoms with van der Waals surface area (Å²) < 4.78 is 5.10. The van der Waals surface area contributed by atoms with Crippen molar-refractivity contribution < 1.29 is 4.42 Å². The molecule has 5 heteroatoms. The van der Waals surface area contributed by atoms with E-state index < -0.39 is 0 Å². The first-order chi connectivity index (χ1) is 6.79. The molecule has 0 radical (unpaired) electrons. The van der Waals surface area contributed by atoms with Gasteiger partial charge in [0.1, 0.15) is 0 Å². The topological polar surface area (TPSA) is 77.0 Å². The number of nitrogens with two attached hydrogens (primary N) is 1. The van der Waals surface area contributed by atoms with Crippen LogP contribution in [0, 0.1) is 0 Å². The largest absolute Gasteiger partial charge is 0.404 e. The van der Waals surface area contributed by atoms with Crippen molar-refractivity contribution in [3.8, 4) is 11.5 Å². The van der Waals surface area contributed by atoms with Crippen LogP contribution < -0.4 is 11.1 Å². The van der Waals surface area contributed by atoms with Gasteiger partial charge in [-0.1, -0.05) is 11.2 Å². The molecule has 3 N–H and O–H groups in total. The molecule has 0 saturated carbocycles. The number of anilines is 2. The van der Waals surface area contributed by atoms with Gasteiger partial charge in [0.15, 0.2) is 0 Å². The smallest absolute Gasteiger partial charge is 0.313 e. The molecule has 72 valence electrons. The lowest BCUT2D eigenvalue weighted by atomic mass is 10.2. The number of nitrogen functional groups attached to an aromatic ring is 1. The van der Waals surface area contributed by atoms with Crippen molar-refractivity contribution in [1.82, 2.24) is 10.2 Å². The predicted octanol–water partition coefficient (Wildman–Crippen LogP) is 1.36. The fourth-order valence-corrected chi connectivity index (χ4v) is 1.16. The first-order valence-electron chi connectivity index (χ1n) is 4.17. The zero-order valence-corrected chi connectivity index (χ0v) is 7.69. The molecule has 1 aromatic heterocycles. The highest BCUT2D eigenvalue weighted by molar-refractivity contribution is 5.61. The van der Waals surface area contributed by atoms with Crippen molar-refractivity contribution in [1.29, 1.82) is 0 Å². The Hall–Kier alpha value is -2.04. The van der Waals surface area contributed by atoms with E-state index in [1.807, 2.05) is 31.3 Å². The second-order valence-corrected chi connectivity index (χ2v) is 2.78. The first-order valence-corrected chi connectivity index (χ1v) is 4.17. The third-order valence-corrected chi connectivity index (χ3v) is 1.84. The van der Waals surface area contributed by atoms with Crippen molar-refractivity contribution >= 4 is 11.7 Å². The van der Waals surface area contributed by atoms with Gasteiger partial charge in [0.05, 0.1) is 0 Å². The van der Waals surface area contributed by atoms with E-state index in [4.69, 9.17) is 10.2 Å². The molecule has 0 aliphatic heterocycles. The molecule has 0 aliphatic rings. The fourth-order valence-electron chi connectivity index (χ4n) is 1.16. The second-order valence-electron chi connectivity index (χ2n) is 2.78. The Morgan fingerprint density at radius 1 is 1.36 bits per heavy atom. The number of nitrogens with zero attached hydrogens (tertiary/aromatic N) is 2. The minimum absolute atomic E-state index is 0.0786. The number of nitrogens with one attached hydrogen (secondary N) is 1. The van der Waals surface area contributed by atoms with Crippen molar-refractivity contribution in [3.63, 3.8) is 0 Å². The van der Waals surface area contributed by atoms with E-state index in [1.165, 1.54) is 0 Å². The van der Waals surface area contributed by atoms with Gasteiger partial charge in [-0.3, -0.25) is 0 Å². The summed E-state index contributed by atoms with van der Waals surface area (Å²) in [5.74, 6) is 0.430. The maximum Gasteiger partial charge on any atom is 0.313 e. The van der Waals surface area contributed by atoms with Crippen LogP contribution in [-0.4, -0.2) is 17.2 Å². The number of aromatic nitrogens is 2. The summed E-state index contributed by atoms with van der Waals surface area (Å²) in [5.41, 5.74) is 7.16. The van der Waals surface area contributed by atoms with Crippen LogP contribution in [0.4, 0.5) is 11.7 Å². The first kappa shape index (κ1) is 8.55. The Balaban J connectivity index is 2.41. The Morgan fingerprint density at radius 2 is 2.21 bits per heavy atom. The molecule has 5 nitrogen and oxygen atoms in total. The van der Waals surface area contributed by atoms with Gasteiger partial charge in [0.2, 0.25) is 5.89 Å². The van der Waals surface area contributed by atoms with Crippen LogP contribution in [0.3, 0.4) is 0 Å². The molecule has 1 aromatic carbocycles. The summed E-state index contributed by atoms with van der Waals surface area (Å²) in [4.78, 5) is 0. The lowest BCUT2D eigenvalue weighted by Crippen LogP contribution is -1.87. The summed E-state index contributed by atoms with van der Waals surface area (Å²) in [6.45, 7) is 0. The molecule has 14 heavy (non-hydrogen) atoms. The van der Waals surface area contributed by atoms with Crippen LogP contribution in [0.5, 0.6) is 0 Å². The highest BCUT2D eigenvalue weighted by Crippen LogP contribution is 2.21. The predicted molar refractivity (Wildman–Crippen MR) is 53.7 cm³/mol. The number of benzene rings is 1. The molecule has 0 atom stereocenters. The Labute approximate surface area is 80.9 Å². The third-order valence-electron chi connectivity index (χ3n) is 1.84. The van der Waals surface area contributed by atoms with E-state index >= 15 is 0 Å². The van der Waals surface area contributed by atoms with Crippen LogP contribution in [0.2, 0.25) is 0 Å². The molecule has 1 heterocycles. The van der Waals surface area contributed by atoms with Crippen molar-refractivity contribution in [3.05, 3.63) is 24.3 Å². The maximum atomic E-state index is 5.33. The minimum atomic E-state index is 0.0786. The maximum absolute atomic E-state index is 5.33. The number of rotatable bonds is 2. The molecular weight excluding hydrogens is 180 g/mol. The molecule has 2 aromatic rings. The summed E-state index contributed by atoms with van der Waals surface area (Å²) in [5, 5.41) is 10.4. The molecule has 0 fully saturated rings. The van der Waals surface area contributed by atoms with E-state index in [1.54, 1.807) is 0 Å². The SMILES string of the molecule is CNc1cccc(-c2nnc(N)o2)c1. The molecule has 0 aliphatic carbocycles. The molecule has 0 spiro atoms. The summed E-state index contributed by atoms with van der Waals surface area (Å²) in [6, 6.07) is 7.72. The molecule has 0 saturated heterocycles. The fraction of sp³-hybridized carbons (Fsp3) is 0.111. The summed E-state index contributed by atoms with van der Waals surface area (Å²) >= 11 is 0. The van der Waals surface area contributed by atoms with Crippen LogP contribution in [0.25, 0.3) is 11.5 Å². The van der Waals surface area contributed by atoms with Crippen LogP contribution in [0.1, 0.15) is 0 Å². The Kier molecular flexibility index (Phi) is 2.06. The van der Waals surface area contributed by atoms with Gasteiger partial charge in [-0.25, -0.2) is 0 Å². The highest BCUT2D eigenvalue weighted by atomic mass is 16.4. The van der Waals surface area contributed by atoms with Gasteiger partial charge in [0.25, 0.3) is 0 Å². The average molecular weight is 190 g/mol. The van der Waals surface area contributed by atoms with Crippen molar-refractivity contribution in [2.75, 3.05) is 18.1 Å². The Bertz CT molecular complexity index is 438. The van der Waals surface area contributed by atoms with E-state index in [-0.39, 0.29) is 6.01 Å². The van der Waals surface area contributed by atoms with Gasteiger partial charge in [-0.2, -0.15) is 0 Å². The number of hydrogen-bond acceptors (Lipinski definition) is 5. The minimum Gasteiger partial charge on any atom is -0.404 e. The third kappa shape index (κ3) is 1.52. The molecule has 0 amide bonds. The second kappa shape index (κ2) is 3.37. The lowest BCUT2D eigenvalue weighted by Gasteiger charge is -2.00. The Morgan fingerprint density at radius 3 is 2.86 bits per heavy atom. The number of hydrogen-bond donors (Lipinski definition) is 2.